The molecule has 0 saturated heterocycles. The number of carbonyl (C=O) groups excluding carboxylic acids is 2. The van der Waals surface area contributed by atoms with Crippen molar-refractivity contribution < 1.29 is 24.2 Å². The molecule has 1 aliphatic rings. The zero-order chi connectivity index (χ0) is 24.8. The number of carbonyl (C=O) groups is 3. The van der Waals surface area contributed by atoms with Gasteiger partial charge in [-0.2, -0.15) is 0 Å². The minimum Gasteiger partial charge on any atom is -0.481 e. The van der Waals surface area contributed by atoms with Gasteiger partial charge in [-0.15, -0.1) is 0 Å². The number of nitrogens with zero attached hydrogens (tertiary/aromatic N) is 1. The Morgan fingerprint density at radius 2 is 1.66 bits per heavy atom. The Kier molecular flexibility index (Phi) is 7.40. The molecule has 35 heavy (non-hydrogen) atoms. The summed E-state index contributed by atoms with van der Waals surface area (Å²) < 4.78 is 5.53. The van der Waals surface area contributed by atoms with Crippen molar-refractivity contribution in [1.29, 1.82) is 0 Å². The molecule has 1 atom stereocenters. The largest absolute Gasteiger partial charge is 0.481 e. The van der Waals surface area contributed by atoms with Gasteiger partial charge in [0.2, 0.25) is 0 Å². The third kappa shape index (κ3) is 5.66. The number of anilines is 1. The zero-order valence-corrected chi connectivity index (χ0v) is 19.4. The molecule has 0 fully saturated rings. The first-order chi connectivity index (χ1) is 17.0. The van der Waals surface area contributed by atoms with Gasteiger partial charge >= 0.3 is 12.1 Å². The van der Waals surface area contributed by atoms with E-state index < -0.39 is 24.0 Å². The normalized spacial score (nSPS) is 12.8. The Hall–Kier alpha value is -4.20. The number of ether oxygens (including phenoxy) is 1. The van der Waals surface area contributed by atoms with Crippen molar-refractivity contribution in [2.45, 2.75) is 38.1 Å². The highest BCUT2D eigenvalue weighted by Gasteiger charge is 2.29. The number of amides is 2. The molecule has 0 radical (unpaired) electrons. The minimum atomic E-state index is -0.973. The molecule has 1 unspecified atom stereocenters. The first-order valence-corrected chi connectivity index (χ1v) is 11.6. The SMILES string of the molecule is CCCC(CC(=O)O)NC(=O)c1ccc(NC(=O)OCC2c3ccccc3-c3ccccc32)cn1. The third-order valence-electron chi connectivity index (χ3n) is 5.98. The number of hydrogen-bond acceptors (Lipinski definition) is 5. The van der Waals surface area contributed by atoms with Gasteiger partial charge in [0, 0.05) is 12.0 Å². The summed E-state index contributed by atoms with van der Waals surface area (Å²) >= 11 is 0. The van der Waals surface area contributed by atoms with E-state index in [2.05, 4.69) is 39.9 Å². The highest BCUT2D eigenvalue weighted by atomic mass is 16.5. The second kappa shape index (κ2) is 10.8. The lowest BCUT2D eigenvalue weighted by Crippen LogP contribution is -2.36. The molecule has 3 N–H and O–H groups in total. The second-order valence-electron chi connectivity index (χ2n) is 8.44. The van der Waals surface area contributed by atoms with Gasteiger partial charge in [0.05, 0.1) is 18.3 Å². The summed E-state index contributed by atoms with van der Waals surface area (Å²) in [4.78, 5) is 39.9. The summed E-state index contributed by atoms with van der Waals surface area (Å²) in [6.45, 7) is 2.11. The van der Waals surface area contributed by atoms with E-state index in [1.54, 1.807) is 6.07 Å². The van der Waals surface area contributed by atoms with E-state index in [1.165, 1.54) is 12.3 Å². The number of nitrogens with one attached hydrogen (secondary N) is 2. The molecule has 0 bridgehead atoms. The molecule has 0 aliphatic heterocycles. The number of carboxylic acid groups (broad SMARTS) is 1. The zero-order valence-electron chi connectivity index (χ0n) is 19.4. The molecule has 4 rings (SSSR count). The summed E-state index contributed by atoms with van der Waals surface area (Å²) in [7, 11) is 0. The topological polar surface area (TPSA) is 118 Å². The molecular formula is C27H27N3O5. The summed E-state index contributed by atoms with van der Waals surface area (Å²) in [6.07, 6.45) is 1.90. The van der Waals surface area contributed by atoms with Gasteiger partial charge in [0.25, 0.3) is 5.91 Å². The van der Waals surface area contributed by atoms with E-state index in [0.717, 1.165) is 28.7 Å². The van der Waals surface area contributed by atoms with Crippen LogP contribution in [0.3, 0.4) is 0 Å². The number of hydrogen-bond donors (Lipinski definition) is 3. The van der Waals surface area contributed by atoms with Crippen LogP contribution in [0.1, 0.15) is 53.7 Å². The fraction of sp³-hybridized carbons (Fsp3) is 0.259. The van der Waals surface area contributed by atoms with Crippen molar-refractivity contribution >= 4 is 23.7 Å². The third-order valence-corrected chi connectivity index (χ3v) is 5.98. The molecule has 0 spiro atoms. The summed E-state index contributed by atoms with van der Waals surface area (Å²) in [5.41, 5.74) is 5.08. The van der Waals surface area contributed by atoms with E-state index in [-0.39, 0.29) is 24.6 Å². The van der Waals surface area contributed by atoms with E-state index in [0.29, 0.717) is 12.1 Å². The lowest BCUT2D eigenvalue weighted by molar-refractivity contribution is -0.137. The molecule has 1 aromatic heterocycles. The van der Waals surface area contributed by atoms with Crippen LogP contribution in [0.2, 0.25) is 0 Å². The molecule has 2 aromatic carbocycles. The van der Waals surface area contributed by atoms with Crippen LogP contribution in [0.4, 0.5) is 10.5 Å². The minimum absolute atomic E-state index is 0.0424. The maximum absolute atomic E-state index is 12.4. The van der Waals surface area contributed by atoms with Crippen LogP contribution in [0.5, 0.6) is 0 Å². The summed E-state index contributed by atoms with van der Waals surface area (Å²) in [5.74, 6) is -1.48. The van der Waals surface area contributed by atoms with Crippen molar-refractivity contribution in [3.8, 4) is 11.1 Å². The monoisotopic (exact) mass is 473 g/mol. The predicted molar refractivity (Wildman–Crippen MR) is 131 cm³/mol. The summed E-state index contributed by atoms with van der Waals surface area (Å²) in [5, 5.41) is 14.3. The van der Waals surface area contributed by atoms with Crippen molar-refractivity contribution in [1.82, 2.24) is 10.3 Å². The number of fused-ring (bicyclic) bond motifs is 3. The van der Waals surface area contributed by atoms with Crippen LogP contribution < -0.4 is 10.6 Å². The number of pyridine rings is 1. The molecule has 8 nitrogen and oxygen atoms in total. The Morgan fingerprint density at radius 3 is 2.23 bits per heavy atom. The number of aromatic nitrogens is 1. The maximum atomic E-state index is 12.4. The average molecular weight is 474 g/mol. The van der Waals surface area contributed by atoms with Crippen LogP contribution in [-0.4, -0.2) is 40.7 Å². The van der Waals surface area contributed by atoms with Crippen molar-refractivity contribution in [2.75, 3.05) is 11.9 Å². The number of rotatable bonds is 9. The number of aliphatic carboxylic acids is 1. The Labute approximate surface area is 203 Å². The first-order valence-electron chi connectivity index (χ1n) is 11.6. The lowest BCUT2D eigenvalue weighted by Gasteiger charge is -2.16. The Balaban J connectivity index is 1.34. The Bertz CT molecular complexity index is 1180. The van der Waals surface area contributed by atoms with Crippen molar-refractivity contribution in [3.05, 3.63) is 83.7 Å². The molecule has 3 aromatic rings. The van der Waals surface area contributed by atoms with E-state index in [4.69, 9.17) is 9.84 Å². The van der Waals surface area contributed by atoms with Gasteiger partial charge in [-0.25, -0.2) is 9.78 Å². The van der Waals surface area contributed by atoms with Gasteiger partial charge < -0.3 is 15.2 Å². The first kappa shape index (κ1) is 23.9. The van der Waals surface area contributed by atoms with Crippen LogP contribution in [-0.2, 0) is 9.53 Å². The molecular weight excluding hydrogens is 446 g/mol. The summed E-state index contributed by atoms with van der Waals surface area (Å²) in [6, 6.07) is 18.8. The Morgan fingerprint density at radius 1 is 1.00 bits per heavy atom. The van der Waals surface area contributed by atoms with E-state index >= 15 is 0 Å². The van der Waals surface area contributed by atoms with Crippen molar-refractivity contribution in [2.24, 2.45) is 0 Å². The number of benzene rings is 2. The number of carboxylic acids is 1. The van der Waals surface area contributed by atoms with E-state index in [9.17, 15) is 14.4 Å². The predicted octanol–water partition coefficient (Wildman–Crippen LogP) is 4.82. The van der Waals surface area contributed by atoms with Crippen LogP contribution in [0.15, 0.2) is 66.9 Å². The van der Waals surface area contributed by atoms with Gasteiger partial charge in [-0.3, -0.25) is 14.9 Å². The molecule has 0 saturated carbocycles. The second-order valence-corrected chi connectivity index (χ2v) is 8.44. The quantitative estimate of drug-likeness (QED) is 0.410. The molecule has 8 heteroatoms. The van der Waals surface area contributed by atoms with Gasteiger partial charge in [0.1, 0.15) is 12.3 Å². The van der Waals surface area contributed by atoms with Gasteiger partial charge in [-0.1, -0.05) is 61.9 Å². The molecule has 1 aliphatic carbocycles. The highest BCUT2D eigenvalue weighted by Crippen LogP contribution is 2.44. The van der Waals surface area contributed by atoms with E-state index in [1.807, 2.05) is 31.2 Å². The standard InChI is InChI=1S/C27H27N3O5/c1-2-7-17(14-25(31)32)29-26(33)24-13-12-18(15-28-24)30-27(34)35-16-23-21-10-5-3-8-19(21)20-9-4-6-11-22(20)23/h3-6,8-13,15,17,23H,2,7,14,16H2,1H3,(H,29,33)(H,30,34)(H,31,32). The van der Waals surface area contributed by atoms with Crippen LogP contribution in [0, 0.1) is 0 Å². The average Bonchev–Trinajstić information content (AvgIpc) is 3.16. The van der Waals surface area contributed by atoms with Crippen molar-refractivity contribution in [3.63, 3.8) is 0 Å². The van der Waals surface area contributed by atoms with Crippen LogP contribution in [0.25, 0.3) is 11.1 Å². The fourth-order valence-corrected chi connectivity index (χ4v) is 4.40. The lowest BCUT2D eigenvalue weighted by atomic mass is 9.98. The molecule has 180 valence electrons. The fourth-order valence-electron chi connectivity index (χ4n) is 4.40. The smallest absolute Gasteiger partial charge is 0.411 e. The molecule has 1 heterocycles. The highest BCUT2D eigenvalue weighted by molar-refractivity contribution is 5.93. The maximum Gasteiger partial charge on any atom is 0.411 e. The van der Waals surface area contributed by atoms with Gasteiger partial charge in [0.15, 0.2) is 0 Å². The molecule has 2 amide bonds. The van der Waals surface area contributed by atoms with Crippen LogP contribution >= 0.6 is 0 Å². The van der Waals surface area contributed by atoms with Gasteiger partial charge in [-0.05, 0) is 40.8 Å².